The van der Waals surface area contributed by atoms with Crippen LogP contribution in [0.3, 0.4) is 0 Å². The average molecular weight is 329 g/mol. The second-order valence-corrected chi connectivity index (χ2v) is 5.76. The highest BCUT2D eigenvalue weighted by Gasteiger charge is 2.12. The summed E-state index contributed by atoms with van der Waals surface area (Å²) in [6, 6.07) is 12.2. The van der Waals surface area contributed by atoms with Gasteiger partial charge in [-0.25, -0.2) is 0 Å². The predicted octanol–water partition coefficient (Wildman–Crippen LogP) is 5.55. The molecule has 0 aromatic heterocycles. The number of anilines is 1. The number of carbonyl (C=O) groups excluding carboxylic acids is 1. The number of halogens is 3. The highest BCUT2D eigenvalue weighted by molar-refractivity contribution is 6.42. The Hall–Kier alpha value is -1.22. The molecule has 0 spiro atoms. The van der Waals surface area contributed by atoms with E-state index in [1.54, 1.807) is 12.1 Å². The van der Waals surface area contributed by atoms with Crippen molar-refractivity contribution in [2.45, 2.75) is 12.3 Å². The van der Waals surface area contributed by atoms with Crippen molar-refractivity contribution >= 4 is 46.4 Å². The Labute approximate surface area is 132 Å². The van der Waals surface area contributed by atoms with Gasteiger partial charge in [0.25, 0.3) is 5.91 Å². The van der Waals surface area contributed by atoms with Crippen molar-refractivity contribution in [3.8, 4) is 0 Å². The van der Waals surface area contributed by atoms with Crippen LogP contribution in [0.2, 0.25) is 10.0 Å². The molecule has 1 atom stereocenters. The fraction of sp³-hybridized carbons (Fsp3) is 0.133. The quantitative estimate of drug-likeness (QED) is 0.736. The Morgan fingerprint density at radius 3 is 2.45 bits per heavy atom. The largest absolute Gasteiger partial charge is 0.322 e. The maximum atomic E-state index is 12.2. The van der Waals surface area contributed by atoms with E-state index in [9.17, 15) is 4.79 Å². The minimum atomic E-state index is -0.256. The molecule has 2 aromatic carbocycles. The highest BCUT2D eigenvalue weighted by Crippen LogP contribution is 2.28. The fourth-order valence-electron chi connectivity index (χ4n) is 1.79. The Bertz CT molecular complexity index is 641. The molecule has 0 aliphatic rings. The normalized spacial score (nSPS) is 12.0. The lowest BCUT2D eigenvalue weighted by Crippen LogP contribution is -2.13. The zero-order valence-corrected chi connectivity index (χ0v) is 12.9. The third-order valence-corrected chi connectivity index (χ3v) is 3.79. The molecule has 5 heteroatoms. The second-order valence-electron chi connectivity index (χ2n) is 4.29. The van der Waals surface area contributed by atoms with Gasteiger partial charge in [-0.3, -0.25) is 4.79 Å². The van der Waals surface area contributed by atoms with Gasteiger partial charge in [-0.1, -0.05) is 41.4 Å². The average Bonchev–Trinajstić information content (AvgIpc) is 2.42. The zero-order valence-electron chi connectivity index (χ0n) is 10.7. The number of hydrogen-bond acceptors (Lipinski definition) is 1. The van der Waals surface area contributed by atoms with Crippen molar-refractivity contribution in [3.63, 3.8) is 0 Å². The van der Waals surface area contributed by atoms with Gasteiger partial charge in [-0.05, 0) is 36.8 Å². The van der Waals surface area contributed by atoms with Crippen molar-refractivity contribution in [3.05, 3.63) is 63.6 Å². The number of para-hydroxylation sites is 1. The summed E-state index contributed by atoms with van der Waals surface area (Å²) in [5.41, 5.74) is 1.99. The lowest BCUT2D eigenvalue weighted by atomic mass is 10.1. The van der Waals surface area contributed by atoms with Crippen LogP contribution >= 0.6 is 34.8 Å². The van der Waals surface area contributed by atoms with Gasteiger partial charge >= 0.3 is 0 Å². The van der Waals surface area contributed by atoms with Crippen LogP contribution in [0.5, 0.6) is 0 Å². The van der Waals surface area contributed by atoms with E-state index in [0.29, 0.717) is 21.3 Å². The summed E-state index contributed by atoms with van der Waals surface area (Å²) in [5, 5.41) is 3.40. The minimum Gasteiger partial charge on any atom is -0.322 e. The van der Waals surface area contributed by atoms with E-state index in [0.717, 1.165) is 5.56 Å². The number of rotatable bonds is 3. The molecule has 104 valence electrons. The number of amides is 1. The van der Waals surface area contributed by atoms with Crippen molar-refractivity contribution in [2.24, 2.45) is 0 Å². The first kappa shape index (κ1) is 15.2. The first-order valence-corrected chi connectivity index (χ1v) is 7.17. The maximum absolute atomic E-state index is 12.2. The van der Waals surface area contributed by atoms with Gasteiger partial charge in [0.1, 0.15) is 0 Å². The predicted molar refractivity (Wildman–Crippen MR) is 85.1 cm³/mol. The Kier molecular flexibility index (Phi) is 4.92. The van der Waals surface area contributed by atoms with E-state index in [2.05, 4.69) is 5.32 Å². The number of alkyl halides is 1. The van der Waals surface area contributed by atoms with Gasteiger partial charge in [0.2, 0.25) is 0 Å². The third-order valence-electron chi connectivity index (χ3n) is 2.82. The number of carbonyl (C=O) groups is 1. The molecule has 0 heterocycles. The fourth-order valence-corrected chi connectivity index (χ4v) is 2.28. The zero-order chi connectivity index (χ0) is 14.7. The molecule has 0 bridgehead atoms. The Balaban J connectivity index is 2.26. The van der Waals surface area contributed by atoms with Gasteiger partial charge in [0.05, 0.1) is 15.4 Å². The summed E-state index contributed by atoms with van der Waals surface area (Å²) in [4.78, 5) is 12.2. The Morgan fingerprint density at radius 2 is 1.80 bits per heavy atom. The van der Waals surface area contributed by atoms with Gasteiger partial charge in [0.15, 0.2) is 0 Å². The van der Waals surface area contributed by atoms with E-state index in [-0.39, 0.29) is 11.3 Å². The van der Waals surface area contributed by atoms with E-state index in [1.165, 1.54) is 6.07 Å². The molecule has 0 aliphatic carbocycles. The van der Waals surface area contributed by atoms with Crippen molar-refractivity contribution < 1.29 is 4.79 Å². The van der Waals surface area contributed by atoms with Gasteiger partial charge in [-0.2, -0.15) is 0 Å². The lowest BCUT2D eigenvalue weighted by Gasteiger charge is -2.12. The second kappa shape index (κ2) is 6.49. The summed E-state index contributed by atoms with van der Waals surface area (Å²) in [6.07, 6.45) is 0. The molecule has 2 nitrogen and oxygen atoms in total. The van der Waals surface area contributed by atoms with Gasteiger partial charge in [-0.15, -0.1) is 11.6 Å². The first-order chi connectivity index (χ1) is 9.49. The first-order valence-electron chi connectivity index (χ1n) is 5.98. The van der Waals surface area contributed by atoms with Crippen LogP contribution in [-0.4, -0.2) is 5.91 Å². The summed E-state index contributed by atoms with van der Waals surface area (Å²) in [7, 11) is 0. The molecule has 1 amide bonds. The van der Waals surface area contributed by atoms with Gasteiger partial charge in [0, 0.05) is 11.3 Å². The van der Waals surface area contributed by atoms with Crippen LogP contribution in [0, 0.1) is 0 Å². The number of hydrogen-bond donors (Lipinski definition) is 1. The molecule has 0 aliphatic heterocycles. The smallest absolute Gasteiger partial charge is 0.255 e. The Morgan fingerprint density at radius 1 is 1.10 bits per heavy atom. The summed E-state index contributed by atoms with van der Waals surface area (Å²) >= 11 is 17.8. The highest BCUT2D eigenvalue weighted by atomic mass is 35.5. The van der Waals surface area contributed by atoms with Crippen LogP contribution < -0.4 is 5.32 Å². The minimum absolute atomic E-state index is 0.194. The molecule has 2 aromatic rings. The van der Waals surface area contributed by atoms with E-state index in [1.807, 2.05) is 31.2 Å². The van der Waals surface area contributed by atoms with Crippen molar-refractivity contribution in [1.82, 2.24) is 0 Å². The molecular weight excluding hydrogens is 317 g/mol. The maximum Gasteiger partial charge on any atom is 0.255 e. The molecule has 0 saturated carbocycles. The monoisotopic (exact) mass is 327 g/mol. The molecule has 2 rings (SSSR count). The standard InChI is InChI=1S/C15H12Cl3NO/c1-9(16)11-4-2-3-5-14(11)19-15(20)10-6-7-12(17)13(18)8-10/h2-9H,1H3,(H,19,20). The molecule has 1 unspecified atom stereocenters. The molecule has 20 heavy (non-hydrogen) atoms. The third kappa shape index (κ3) is 3.45. The van der Waals surface area contributed by atoms with Crippen LogP contribution in [0.1, 0.15) is 28.2 Å². The topological polar surface area (TPSA) is 29.1 Å². The van der Waals surface area contributed by atoms with E-state index >= 15 is 0 Å². The summed E-state index contributed by atoms with van der Waals surface area (Å²) in [5.74, 6) is -0.256. The van der Waals surface area contributed by atoms with E-state index < -0.39 is 0 Å². The molecule has 0 saturated heterocycles. The SMILES string of the molecule is CC(Cl)c1ccccc1NC(=O)c1ccc(Cl)c(Cl)c1. The number of benzene rings is 2. The van der Waals surface area contributed by atoms with Crippen LogP contribution in [0.15, 0.2) is 42.5 Å². The molecule has 0 radical (unpaired) electrons. The van der Waals surface area contributed by atoms with Crippen LogP contribution in [0.4, 0.5) is 5.69 Å². The van der Waals surface area contributed by atoms with E-state index in [4.69, 9.17) is 34.8 Å². The lowest BCUT2D eigenvalue weighted by molar-refractivity contribution is 0.102. The van der Waals surface area contributed by atoms with Crippen molar-refractivity contribution in [2.75, 3.05) is 5.32 Å². The van der Waals surface area contributed by atoms with Crippen LogP contribution in [0.25, 0.3) is 0 Å². The van der Waals surface area contributed by atoms with Crippen LogP contribution in [-0.2, 0) is 0 Å². The number of nitrogens with one attached hydrogen (secondary N) is 1. The summed E-state index contributed by atoms with van der Waals surface area (Å²) < 4.78 is 0. The van der Waals surface area contributed by atoms with Crippen molar-refractivity contribution in [1.29, 1.82) is 0 Å². The summed E-state index contributed by atoms with van der Waals surface area (Å²) in [6.45, 7) is 1.85. The molecule has 0 fully saturated rings. The van der Waals surface area contributed by atoms with Gasteiger partial charge < -0.3 is 5.32 Å². The molecular formula is C15H12Cl3NO. The molecule has 1 N–H and O–H groups in total.